The summed E-state index contributed by atoms with van der Waals surface area (Å²) in [6.07, 6.45) is 0. The zero-order valence-electron chi connectivity index (χ0n) is 23.7. The molecule has 0 aliphatic carbocycles. The van der Waals surface area contributed by atoms with Crippen LogP contribution in [0.15, 0.2) is 18.2 Å². The minimum Gasteiger partial charge on any atom is -0.494 e. The van der Waals surface area contributed by atoms with Crippen LogP contribution < -0.4 is 19.1 Å². The fourth-order valence-corrected chi connectivity index (χ4v) is 5.14. The van der Waals surface area contributed by atoms with Gasteiger partial charge in [-0.25, -0.2) is 4.39 Å². The summed E-state index contributed by atoms with van der Waals surface area (Å²) >= 11 is 0. The third-order valence-electron chi connectivity index (χ3n) is 7.11. The number of hydrogen-bond donors (Lipinski definition) is 2. The first-order valence-corrected chi connectivity index (χ1v) is 13.4. The van der Waals surface area contributed by atoms with Crippen LogP contribution in [0.5, 0.6) is 17.2 Å². The molecule has 0 amide bonds. The van der Waals surface area contributed by atoms with E-state index in [9.17, 15) is 10.0 Å². The van der Waals surface area contributed by atoms with Crippen LogP contribution in [0.4, 0.5) is 10.1 Å². The average Bonchev–Trinajstić information content (AvgIpc) is 3.20. The molecule has 4 rings (SSSR count). The summed E-state index contributed by atoms with van der Waals surface area (Å²) in [5.41, 5.74) is 2.62. The molecule has 0 atom stereocenters. The highest BCUT2D eigenvalue weighted by Crippen LogP contribution is 2.42. The summed E-state index contributed by atoms with van der Waals surface area (Å²) in [7, 11) is 1.63. The van der Waals surface area contributed by atoms with E-state index < -0.39 is 5.82 Å². The molecule has 2 N–H and O–H groups in total. The summed E-state index contributed by atoms with van der Waals surface area (Å²) in [4.78, 5) is 17.4. The van der Waals surface area contributed by atoms with Gasteiger partial charge in [0, 0.05) is 43.9 Å². The number of ether oxygens (including phenoxy) is 3. The van der Waals surface area contributed by atoms with Crippen molar-refractivity contribution >= 4 is 17.3 Å². The van der Waals surface area contributed by atoms with Gasteiger partial charge in [-0.15, -0.1) is 0 Å². The van der Waals surface area contributed by atoms with E-state index in [-0.39, 0.29) is 48.0 Å². The van der Waals surface area contributed by atoms with Crippen molar-refractivity contribution in [1.29, 1.82) is 5.41 Å². The normalized spacial score (nSPS) is 15.9. The largest absolute Gasteiger partial charge is 0.494 e. The number of methoxy groups -OCH3 is 1. The molecule has 2 aromatic rings. The van der Waals surface area contributed by atoms with Crippen molar-refractivity contribution < 1.29 is 28.6 Å². The Morgan fingerprint density at radius 3 is 2.31 bits per heavy atom. The predicted molar refractivity (Wildman–Crippen MR) is 148 cm³/mol. The Kier molecular flexibility index (Phi) is 8.37. The first-order valence-electron chi connectivity index (χ1n) is 13.4. The summed E-state index contributed by atoms with van der Waals surface area (Å²) < 4.78 is 32.4. The van der Waals surface area contributed by atoms with Gasteiger partial charge in [0.1, 0.15) is 11.6 Å². The Labute approximate surface area is 229 Å². The van der Waals surface area contributed by atoms with Crippen LogP contribution in [0, 0.1) is 11.2 Å². The van der Waals surface area contributed by atoms with Crippen LogP contribution in [-0.4, -0.2) is 79.8 Å². The van der Waals surface area contributed by atoms with Crippen molar-refractivity contribution in [1.82, 2.24) is 9.96 Å². The standard InChI is InChI=1S/C29H39FN4O5/c1-7-38-23-15-19-16-33(28(31)24(19)25(30)27(23)39-8-2)17-22(35)18-13-20(29(3,4)5)26(37-6)21(14-18)32-9-11-34(36)12-10-32/h13-15,31,36H,7-12,16-17H2,1-6H3. The lowest BCUT2D eigenvalue weighted by Gasteiger charge is -2.35. The fraction of sp³-hybridized carbons (Fsp3) is 0.517. The number of ketones is 1. The number of hydrogen-bond acceptors (Lipinski definition) is 8. The van der Waals surface area contributed by atoms with Gasteiger partial charge in [0.05, 0.1) is 38.1 Å². The van der Waals surface area contributed by atoms with Crippen molar-refractivity contribution in [3.63, 3.8) is 0 Å². The topological polar surface area (TPSA) is 98.6 Å². The van der Waals surface area contributed by atoms with Crippen LogP contribution in [-0.2, 0) is 12.0 Å². The number of piperazine rings is 1. The van der Waals surface area contributed by atoms with Gasteiger partial charge in [0.25, 0.3) is 0 Å². The Hall–Kier alpha value is -3.37. The van der Waals surface area contributed by atoms with Gasteiger partial charge in [-0.1, -0.05) is 20.8 Å². The number of nitrogens with zero attached hydrogens (tertiary/aromatic N) is 3. The van der Waals surface area contributed by atoms with E-state index in [1.54, 1.807) is 25.0 Å². The third kappa shape index (κ3) is 5.67. The monoisotopic (exact) mass is 542 g/mol. The number of benzene rings is 2. The molecule has 2 aliphatic rings. The molecule has 10 heteroatoms. The molecule has 0 bridgehead atoms. The number of rotatable bonds is 9. The van der Waals surface area contributed by atoms with E-state index in [0.29, 0.717) is 55.4 Å². The van der Waals surface area contributed by atoms with Crippen molar-refractivity contribution in [2.75, 3.05) is 57.9 Å². The first kappa shape index (κ1) is 28.6. The summed E-state index contributed by atoms with van der Waals surface area (Å²) in [5.74, 6) is 0.132. The SMILES string of the molecule is CCOc1cc2c(c(F)c1OCC)C(=N)N(CC(=O)c1cc(N3CCN(O)CC3)c(OC)c(C(C)(C)C)c1)C2. The molecule has 0 unspecified atom stereocenters. The number of anilines is 1. The van der Waals surface area contributed by atoms with E-state index in [0.717, 1.165) is 11.3 Å². The van der Waals surface area contributed by atoms with E-state index in [4.69, 9.17) is 19.6 Å². The van der Waals surface area contributed by atoms with E-state index in [1.807, 2.05) is 19.1 Å². The van der Waals surface area contributed by atoms with Gasteiger partial charge in [0.2, 0.25) is 0 Å². The molecule has 9 nitrogen and oxygen atoms in total. The number of Topliss-reactive ketones (excluding diaryl/α,β-unsaturated/α-hetero) is 1. The maximum atomic E-state index is 15.5. The van der Waals surface area contributed by atoms with Crippen molar-refractivity contribution in [2.45, 2.75) is 46.6 Å². The lowest BCUT2D eigenvalue weighted by molar-refractivity contribution is -0.0936. The average molecular weight is 543 g/mol. The summed E-state index contributed by atoms with van der Waals surface area (Å²) in [5, 5.41) is 19.8. The van der Waals surface area contributed by atoms with Crippen molar-refractivity contribution in [3.8, 4) is 17.2 Å². The first-order chi connectivity index (χ1) is 18.5. The molecule has 0 spiro atoms. The van der Waals surface area contributed by atoms with E-state index in [2.05, 4.69) is 25.7 Å². The van der Waals surface area contributed by atoms with E-state index >= 15 is 4.39 Å². The number of nitrogens with one attached hydrogen (secondary N) is 1. The van der Waals surface area contributed by atoms with Crippen LogP contribution in [0.3, 0.4) is 0 Å². The fourth-order valence-electron chi connectivity index (χ4n) is 5.14. The lowest BCUT2D eigenvalue weighted by Crippen LogP contribution is -2.45. The molecule has 1 saturated heterocycles. The quantitative estimate of drug-likeness (QED) is 0.448. The molecule has 0 radical (unpaired) electrons. The second kappa shape index (κ2) is 11.4. The molecule has 2 heterocycles. The number of carbonyl (C=O) groups is 1. The van der Waals surface area contributed by atoms with Crippen LogP contribution >= 0.6 is 0 Å². The molecular weight excluding hydrogens is 503 g/mol. The Morgan fingerprint density at radius 1 is 1.05 bits per heavy atom. The highest BCUT2D eigenvalue weighted by Gasteiger charge is 2.34. The molecule has 212 valence electrons. The maximum absolute atomic E-state index is 15.5. The Bertz CT molecular complexity index is 1250. The highest BCUT2D eigenvalue weighted by atomic mass is 19.1. The van der Waals surface area contributed by atoms with Crippen LogP contribution in [0.25, 0.3) is 0 Å². The number of hydroxylamine groups is 2. The van der Waals surface area contributed by atoms with Crippen molar-refractivity contribution in [2.24, 2.45) is 0 Å². The number of fused-ring (bicyclic) bond motifs is 1. The molecule has 39 heavy (non-hydrogen) atoms. The molecule has 2 aliphatic heterocycles. The zero-order chi connectivity index (χ0) is 28.5. The summed E-state index contributed by atoms with van der Waals surface area (Å²) in [6.45, 7) is 12.6. The number of amidine groups is 1. The number of carbonyl (C=O) groups excluding carboxylic acids is 1. The zero-order valence-corrected chi connectivity index (χ0v) is 23.7. The van der Waals surface area contributed by atoms with Gasteiger partial charge in [-0.3, -0.25) is 10.2 Å². The Balaban J connectivity index is 1.66. The van der Waals surface area contributed by atoms with Gasteiger partial charge in [-0.2, -0.15) is 5.06 Å². The molecule has 0 aromatic heterocycles. The second-order valence-corrected chi connectivity index (χ2v) is 10.8. The smallest absolute Gasteiger partial charge is 0.197 e. The minimum absolute atomic E-state index is 0.00591. The molecular formula is C29H39FN4O5. The number of halogens is 1. The summed E-state index contributed by atoms with van der Waals surface area (Å²) in [6, 6.07) is 5.40. The van der Waals surface area contributed by atoms with Gasteiger partial charge < -0.3 is 29.2 Å². The Morgan fingerprint density at radius 2 is 1.72 bits per heavy atom. The molecule has 2 aromatic carbocycles. The lowest BCUT2D eigenvalue weighted by atomic mass is 9.84. The maximum Gasteiger partial charge on any atom is 0.197 e. The van der Waals surface area contributed by atoms with Crippen molar-refractivity contribution in [3.05, 3.63) is 46.3 Å². The molecule has 1 fully saturated rings. The van der Waals surface area contributed by atoms with Gasteiger partial charge >= 0.3 is 0 Å². The van der Waals surface area contributed by atoms with E-state index in [1.165, 1.54) is 5.06 Å². The van der Waals surface area contributed by atoms with Crippen LogP contribution in [0.2, 0.25) is 0 Å². The van der Waals surface area contributed by atoms with Gasteiger partial charge in [-0.05, 0) is 43.0 Å². The highest BCUT2D eigenvalue weighted by molar-refractivity contribution is 6.06. The minimum atomic E-state index is -0.637. The predicted octanol–water partition coefficient (Wildman–Crippen LogP) is 4.46. The van der Waals surface area contributed by atoms with Crippen LogP contribution in [0.1, 0.15) is 61.7 Å². The third-order valence-corrected chi connectivity index (χ3v) is 7.11. The second-order valence-electron chi connectivity index (χ2n) is 10.8. The van der Waals surface area contributed by atoms with Gasteiger partial charge in [0.15, 0.2) is 23.1 Å². The molecule has 0 saturated carbocycles.